The Kier molecular flexibility index (Phi) is 13.1. The van der Waals surface area contributed by atoms with E-state index < -0.39 is 121 Å². The number of hydrogen-bond donors (Lipinski definition) is 13. The first-order valence-electron chi connectivity index (χ1n) is 13.7. The molecule has 0 unspecified atom stereocenters. The van der Waals surface area contributed by atoms with Crippen LogP contribution in [-0.2, 0) is 38.3 Å². The number of nitrogens with one attached hydrogen (secondary N) is 1. The number of aliphatic hydroxyl groups excluding tert-OH is 7. The molecule has 17 N–H and O–H groups in total. The van der Waals surface area contributed by atoms with Crippen LogP contribution in [0, 0.1) is 0 Å². The number of nitrogens with two attached hydrogens (primary N) is 4. The fraction of sp³-hybridized carbons (Fsp3) is 0.955. The molecule has 2 heterocycles. The molecule has 3 rings (SSSR count). The van der Waals surface area contributed by atoms with Crippen LogP contribution in [0.2, 0.25) is 0 Å². The lowest BCUT2D eigenvalue weighted by Gasteiger charge is -2.49. The summed E-state index contributed by atoms with van der Waals surface area (Å²) in [6, 6.07) is -3.87. The van der Waals surface area contributed by atoms with Gasteiger partial charge in [0.25, 0.3) is 0 Å². The largest absolute Gasteiger partial charge is 0.397 e. The zero-order valence-corrected chi connectivity index (χ0v) is 24.2. The summed E-state index contributed by atoms with van der Waals surface area (Å²) >= 11 is 0. The molecule has 1 aliphatic carbocycles. The summed E-state index contributed by atoms with van der Waals surface area (Å²) in [7, 11) is -4.97. The number of carbonyl (C=O) groups excluding carboxylic acids is 1. The Balaban J connectivity index is 1.87. The van der Waals surface area contributed by atoms with Gasteiger partial charge in [-0.25, -0.2) is 4.18 Å². The Bertz CT molecular complexity index is 1050. The maximum Gasteiger partial charge on any atom is 0.397 e. The van der Waals surface area contributed by atoms with E-state index in [1.54, 1.807) is 0 Å². The van der Waals surface area contributed by atoms with Gasteiger partial charge in [0, 0.05) is 12.6 Å². The molecule has 0 radical (unpaired) electrons. The molecule has 1 amide bonds. The van der Waals surface area contributed by atoms with Gasteiger partial charge in [-0.1, -0.05) is 0 Å². The molecular formula is C22H43N5O16S. The Labute approximate surface area is 251 Å². The van der Waals surface area contributed by atoms with E-state index in [4.69, 9.17) is 46.4 Å². The quantitative estimate of drug-likeness (QED) is 0.0860. The molecule has 1 saturated carbocycles. The Morgan fingerprint density at radius 2 is 1.45 bits per heavy atom. The maximum absolute atomic E-state index is 12.6. The summed E-state index contributed by atoms with van der Waals surface area (Å²) in [5.74, 6) is -0.918. The Morgan fingerprint density at radius 3 is 2.05 bits per heavy atom. The number of amides is 1. The smallest absolute Gasteiger partial charge is 0.389 e. The highest BCUT2D eigenvalue weighted by molar-refractivity contribution is 7.80. The zero-order valence-electron chi connectivity index (χ0n) is 23.3. The summed E-state index contributed by atoms with van der Waals surface area (Å²) in [6.07, 6.45) is -21.7. The molecule has 3 fully saturated rings. The molecule has 16 atom stereocenters. The minimum absolute atomic E-state index is 0.0410. The second-order valence-electron chi connectivity index (χ2n) is 10.9. The first kappa shape index (κ1) is 37.2. The van der Waals surface area contributed by atoms with Crippen molar-refractivity contribution in [1.82, 2.24) is 5.32 Å². The van der Waals surface area contributed by atoms with Gasteiger partial charge in [-0.15, -0.1) is 0 Å². The van der Waals surface area contributed by atoms with E-state index in [1.807, 2.05) is 0 Å². The van der Waals surface area contributed by atoms with E-state index in [9.17, 15) is 49.0 Å². The lowest BCUT2D eigenvalue weighted by atomic mass is 9.83. The number of carbonyl (C=O) groups is 1. The van der Waals surface area contributed by atoms with Crippen LogP contribution in [-0.4, -0.2) is 172 Å². The molecule has 21 nitrogen and oxygen atoms in total. The van der Waals surface area contributed by atoms with Crippen molar-refractivity contribution >= 4 is 16.3 Å². The van der Waals surface area contributed by atoms with E-state index in [1.165, 1.54) is 0 Å². The third-order valence-electron chi connectivity index (χ3n) is 7.71. The van der Waals surface area contributed by atoms with Gasteiger partial charge in [-0.3, -0.25) is 9.35 Å². The van der Waals surface area contributed by atoms with E-state index in [2.05, 4.69) is 9.50 Å². The molecule has 2 saturated heterocycles. The van der Waals surface area contributed by atoms with Gasteiger partial charge in [-0.05, 0) is 19.4 Å². The maximum atomic E-state index is 12.6. The van der Waals surface area contributed by atoms with Crippen molar-refractivity contribution in [2.45, 2.75) is 111 Å². The van der Waals surface area contributed by atoms with Crippen LogP contribution in [0.25, 0.3) is 0 Å². The molecule has 0 aromatic heterocycles. The van der Waals surface area contributed by atoms with Crippen molar-refractivity contribution < 1.29 is 76.6 Å². The van der Waals surface area contributed by atoms with Gasteiger partial charge in [-0.2, -0.15) is 8.42 Å². The third-order valence-corrected chi connectivity index (χ3v) is 8.14. The molecule has 0 bridgehead atoms. The van der Waals surface area contributed by atoms with E-state index >= 15 is 0 Å². The van der Waals surface area contributed by atoms with Crippen molar-refractivity contribution in [3.63, 3.8) is 0 Å². The second-order valence-corrected chi connectivity index (χ2v) is 12.0. The SMILES string of the molecule is NCC[C@H](O)C(=O)N[C@@H]1C[C@H](N)[C@@H](O[C@H]2O[C@H](CN)[C@@H](O)[C@H](O)[C@H]2O)[C@H](O)[C@H]1O[C@H]1O[C@H](COS(=O)(=O)O)[C@@H](O)[C@H](N)[C@H]1O. The van der Waals surface area contributed by atoms with E-state index in [-0.39, 0.29) is 25.9 Å². The molecule has 3 aliphatic rings. The van der Waals surface area contributed by atoms with Crippen LogP contribution in [0.5, 0.6) is 0 Å². The van der Waals surface area contributed by atoms with Crippen LogP contribution in [0.15, 0.2) is 0 Å². The molecular weight excluding hydrogens is 622 g/mol. The average molecular weight is 666 g/mol. The van der Waals surface area contributed by atoms with Crippen molar-refractivity contribution in [3.8, 4) is 0 Å². The fourth-order valence-electron chi connectivity index (χ4n) is 5.21. The second kappa shape index (κ2) is 15.6. The van der Waals surface area contributed by atoms with Crippen LogP contribution in [0.1, 0.15) is 12.8 Å². The number of ether oxygens (including phenoxy) is 4. The summed E-state index contributed by atoms with van der Waals surface area (Å²) < 4.78 is 57.7. The molecule has 0 aromatic rings. The molecule has 22 heteroatoms. The zero-order chi connectivity index (χ0) is 33.1. The topological polar surface area (TPSA) is 375 Å². The Hall–Kier alpha value is -1.26. The van der Waals surface area contributed by atoms with Crippen molar-refractivity contribution in [2.24, 2.45) is 22.9 Å². The standard InChI is InChI=1S/C22H43N5O16S/c23-2-1-8(28)20(35)27-7-3-6(25)18(42-22-16(33)15(32)13(30)9(4-24)40-22)17(34)19(7)43-21-14(31)11(26)12(29)10(41-21)5-39-44(36,37)38/h6-19,21-22,28-34H,1-5,23-26H2,(H,27,35)(H,36,37,38)/t6-,7+,8-,9+,10+,11-,12+,13+,14+,15-,16+,17-,18+,19-,21+,22+/m0/s1. The van der Waals surface area contributed by atoms with Gasteiger partial charge in [0.05, 0.1) is 18.7 Å². The minimum atomic E-state index is -4.97. The summed E-state index contributed by atoms with van der Waals surface area (Å²) in [6.45, 7) is -1.27. The van der Waals surface area contributed by atoms with E-state index in [0.29, 0.717) is 0 Å². The number of hydrogen-bond acceptors (Lipinski definition) is 19. The van der Waals surface area contributed by atoms with Crippen LogP contribution in [0.4, 0.5) is 0 Å². The van der Waals surface area contributed by atoms with Gasteiger partial charge < -0.3 is 82.9 Å². The predicted molar refractivity (Wildman–Crippen MR) is 142 cm³/mol. The molecule has 44 heavy (non-hydrogen) atoms. The van der Waals surface area contributed by atoms with Crippen LogP contribution in [0.3, 0.4) is 0 Å². The van der Waals surface area contributed by atoms with Gasteiger partial charge in [0.1, 0.15) is 67.1 Å². The fourth-order valence-corrected chi connectivity index (χ4v) is 5.51. The van der Waals surface area contributed by atoms with Gasteiger partial charge >= 0.3 is 10.4 Å². The highest BCUT2D eigenvalue weighted by Gasteiger charge is 2.52. The van der Waals surface area contributed by atoms with E-state index in [0.717, 1.165) is 0 Å². The molecule has 0 spiro atoms. The minimum Gasteiger partial charge on any atom is -0.389 e. The molecule has 2 aliphatic heterocycles. The highest BCUT2D eigenvalue weighted by atomic mass is 32.3. The normalized spacial score (nSPS) is 44.2. The Morgan fingerprint density at radius 1 is 0.864 bits per heavy atom. The van der Waals surface area contributed by atoms with Crippen molar-refractivity contribution in [1.29, 1.82) is 0 Å². The van der Waals surface area contributed by atoms with Gasteiger partial charge in [0.2, 0.25) is 5.91 Å². The van der Waals surface area contributed by atoms with Crippen molar-refractivity contribution in [2.75, 3.05) is 19.7 Å². The average Bonchev–Trinajstić information content (AvgIpc) is 2.95. The number of rotatable bonds is 12. The summed E-state index contributed by atoms with van der Waals surface area (Å²) in [4.78, 5) is 12.6. The third kappa shape index (κ3) is 8.75. The first-order valence-corrected chi connectivity index (χ1v) is 15.1. The predicted octanol–water partition coefficient (Wildman–Crippen LogP) is -8.60. The molecule has 0 aromatic carbocycles. The monoisotopic (exact) mass is 665 g/mol. The number of aliphatic hydroxyl groups is 7. The van der Waals surface area contributed by atoms with Crippen LogP contribution >= 0.6 is 0 Å². The highest BCUT2D eigenvalue weighted by Crippen LogP contribution is 2.32. The molecule has 258 valence electrons. The van der Waals surface area contributed by atoms with Crippen LogP contribution < -0.4 is 28.3 Å². The lowest BCUT2D eigenvalue weighted by Crippen LogP contribution is -2.69. The summed E-state index contributed by atoms with van der Waals surface area (Å²) in [5.41, 5.74) is 23.1. The van der Waals surface area contributed by atoms with Gasteiger partial charge in [0.15, 0.2) is 12.6 Å². The lowest BCUT2D eigenvalue weighted by molar-refractivity contribution is -0.332. The first-order chi connectivity index (χ1) is 20.5. The van der Waals surface area contributed by atoms with Crippen molar-refractivity contribution in [3.05, 3.63) is 0 Å². The summed E-state index contributed by atoms with van der Waals surface area (Å²) in [5, 5.41) is 75.7.